The van der Waals surface area contributed by atoms with E-state index in [0.29, 0.717) is 5.16 Å². The number of nitrogens with one attached hydrogen (secondary N) is 1. The molecule has 0 fully saturated rings. The molecule has 0 bridgehead atoms. The number of amides is 1. The second kappa shape index (κ2) is 7.70. The molecule has 0 aliphatic rings. The fourth-order valence-electron chi connectivity index (χ4n) is 2.16. The first-order valence-electron chi connectivity index (χ1n) is 8.16. The molecule has 2 atom stereocenters. The van der Waals surface area contributed by atoms with Crippen LogP contribution in [0.25, 0.3) is 5.69 Å². The van der Waals surface area contributed by atoms with Gasteiger partial charge in [-0.2, -0.15) is 5.26 Å². The summed E-state index contributed by atoms with van der Waals surface area (Å²) < 4.78 is 1.92. The Morgan fingerprint density at radius 1 is 1.28 bits per heavy atom. The third-order valence-electron chi connectivity index (χ3n) is 4.23. The summed E-state index contributed by atoms with van der Waals surface area (Å²) in [7, 11) is 0. The minimum absolute atomic E-state index is 0.00821. The van der Waals surface area contributed by atoms with E-state index in [1.54, 1.807) is 13.8 Å². The molecular weight excluding hydrogens is 334 g/mol. The van der Waals surface area contributed by atoms with Crippen LogP contribution in [0, 0.1) is 24.2 Å². The first-order chi connectivity index (χ1) is 11.8. The second-order valence-electron chi connectivity index (χ2n) is 6.42. The number of nitriles is 1. The quantitative estimate of drug-likeness (QED) is 0.803. The standard InChI is InChI=1S/C18H23N5OS/c1-12(2)18(5,11-19)20-16(24)13(3)25-17-22-21-14(4)23(17)15-9-7-6-8-10-15/h6-10,12-13H,1-5H3,(H,20,24)/t13-,18+/m1/s1. The summed E-state index contributed by atoms with van der Waals surface area (Å²) in [6.45, 7) is 9.24. The SMILES string of the molecule is Cc1nnc(S[C@H](C)C(=O)N[C@@](C)(C#N)C(C)C)n1-c1ccccc1. The molecule has 2 aromatic rings. The molecule has 0 saturated heterocycles. The number of nitrogens with zero attached hydrogens (tertiary/aromatic N) is 4. The maximum absolute atomic E-state index is 12.5. The van der Waals surface area contributed by atoms with Gasteiger partial charge in [0.15, 0.2) is 5.16 Å². The summed E-state index contributed by atoms with van der Waals surface area (Å²) in [5.74, 6) is 0.572. The number of benzene rings is 1. The number of para-hydroxylation sites is 1. The molecule has 1 amide bonds. The van der Waals surface area contributed by atoms with Gasteiger partial charge in [0.1, 0.15) is 11.4 Å². The van der Waals surface area contributed by atoms with Crippen LogP contribution >= 0.6 is 11.8 Å². The van der Waals surface area contributed by atoms with Crippen molar-refractivity contribution in [3.63, 3.8) is 0 Å². The lowest BCUT2D eigenvalue weighted by atomic mass is 9.90. The third-order valence-corrected chi connectivity index (χ3v) is 5.27. The Labute approximate surface area is 152 Å². The smallest absolute Gasteiger partial charge is 0.234 e. The van der Waals surface area contributed by atoms with E-state index in [2.05, 4.69) is 21.6 Å². The summed E-state index contributed by atoms with van der Waals surface area (Å²) in [4.78, 5) is 12.5. The number of hydrogen-bond donors (Lipinski definition) is 1. The highest BCUT2D eigenvalue weighted by molar-refractivity contribution is 8.00. The molecule has 0 aliphatic heterocycles. The average Bonchev–Trinajstić information content (AvgIpc) is 2.95. The number of hydrogen-bond acceptors (Lipinski definition) is 5. The molecule has 0 radical (unpaired) electrons. The molecule has 6 nitrogen and oxygen atoms in total. The topological polar surface area (TPSA) is 83.6 Å². The van der Waals surface area contributed by atoms with Gasteiger partial charge < -0.3 is 5.32 Å². The highest BCUT2D eigenvalue weighted by Crippen LogP contribution is 2.26. The van der Waals surface area contributed by atoms with Gasteiger partial charge in [-0.3, -0.25) is 9.36 Å². The highest BCUT2D eigenvalue weighted by Gasteiger charge is 2.32. The molecule has 1 N–H and O–H groups in total. The summed E-state index contributed by atoms with van der Waals surface area (Å²) in [5, 5.41) is 20.8. The van der Waals surface area contributed by atoms with Gasteiger partial charge in [0.25, 0.3) is 0 Å². The molecule has 0 saturated carbocycles. The van der Waals surface area contributed by atoms with Crippen LogP contribution in [0.5, 0.6) is 0 Å². The van der Waals surface area contributed by atoms with Gasteiger partial charge >= 0.3 is 0 Å². The third kappa shape index (κ3) is 4.20. The van der Waals surface area contributed by atoms with Gasteiger partial charge in [0.05, 0.1) is 11.3 Å². The zero-order valence-corrected chi connectivity index (χ0v) is 16.0. The van der Waals surface area contributed by atoms with Crippen molar-refractivity contribution in [3.05, 3.63) is 36.2 Å². The fraction of sp³-hybridized carbons (Fsp3) is 0.444. The predicted molar refractivity (Wildman–Crippen MR) is 98.4 cm³/mol. The van der Waals surface area contributed by atoms with Gasteiger partial charge in [0.2, 0.25) is 5.91 Å². The van der Waals surface area contributed by atoms with E-state index in [1.165, 1.54) is 11.8 Å². The van der Waals surface area contributed by atoms with E-state index in [0.717, 1.165) is 11.5 Å². The van der Waals surface area contributed by atoms with Gasteiger partial charge in [-0.15, -0.1) is 10.2 Å². The van der Waals surface area contributed by atoms with E-state index in [1.807, 2.05) is 55.7 Å². The predicted octanol–water partition coefficient (Wildman–Crippen LogP) is 3.11. The minimum atomic E-state index is -0.894. The number of aromatic nitrogens is 3. The summed E-state index contributed by atoms with van der Waals surface area (Å²) in [5.41, 5.74) is 0.0544. The van der Waals surface area contributed by atoms with Crippen molar-refractivity contribution < 1.29 is 4.79 Å². The Balaban J connectivity index is 2.18. The minimum Gasteiger partial charge on any atom is -0.337 e. The van der Waals surface area contributed by atoms with E-state index in [-0.39, 0.29) is 11.8 Å². The normalized spacial score (nSPS) is 14.6. The van der Waals surface area contributed by atoms with Crippen molar-refractivity contribution in [1.82, 2.24) is 20.1 Å². The number of carbonyl (C=O) groups excluding carboxylic acids is 1. The van der Waals surface area contributed by atoms with Crippen molar-refractivity contribution in [3.8, 4) is 11.8 Å². The van der Waals surface area contributed by atoms with Gasteiger partial charge in [-0.05, 0) is 38.8 Å². The summed E-state index contributed by atoms with van der Waals surface area (Å²) in [6.07, 6.45) is 0. The zero-order chi connectivity index (χ0) is 18.6. The summed E-state index contributed by atoms with van der Waals surface area (Å²) >= 11 is 1.32. The van der Waals surface area contributed by atoms with E-state index in [9.17, 15) is 10.1 Å². The largest absolute Gasteiger partial charge is 0.337 e. The van der Waals surface area contributed by atoms with Gasteiger partial charge in [-0.25, -0.2) is 0 Å². The Morgan fingerprint density at radius 3 is 2.48 bits per heavy atom. The molecular formula is C18H23N5OS. The van der Waals surface area contributed by atoms with Crippen LogP contribution in [0.15, 0.2) is 35.5 Å². The maximum Gasteiger partial charge on any atom is 0.234 e. The Kier molecular flexibility index (Phi) is 5.85. The van der Waals surface area contributed by atoms with Crippen LogP contribution in [0.3, 0.4) is 0 Å². The van der Waals surface area contributed by atoms with Crippen molar-refractivity contribution in [1.29, 1.82) is 5.26 Å². The van der Waals surface area contributed by atoms with E-state index < -0.39 is 10.8 Å². The molecule has 2 rings (SSSR count). The Hall–Kier alpha value is -2.33. The van der Waals surface area contributed by atoms with Crippen LogP contribution in [-0.4, -0.2) is 31.5 Å². The van der Waals surface area contributed by atoms with Crippen LogP contribution < -0.4 is 5.32 Å². The number of thioether (sulfide) groups is 1. The number of carbonyl (C=O) groups is 1. The van der Waals surface area contributed by atoms with Gasteiger partial charge in [0, 0.05) is 5.69 Å². The first-order valence-corrected chi connectivity index (χ1v) is 9.04. The number of aryl methyl sites for hydroxylation is 1. The molecule has 25 heavy (non-hydrogen) atoms. The molecule has 132 valence electrons. The van der Waals surface area contributed by atoms with Gasteiger partial charge in [-0.1, -0.05) is 43.8 Å². The van der Waals surface area contributed by atoms with Crippen molar-refractivity contribution in [2.75, 3.05) is 0 Å². The molecule has 1 aromatic heterocycles. The molecule has 0 spiro atoms. The molecule has 1 heterocycles. The number of rotatable bonds is 6. The highest BCUT2D eigenvalue weighted by atomic mass is 32.2. The van der Waals surface area contributed by atoms with Crippen LogP contribution in [0.2, 0.25) is 0 Å². The molecule has 7 heteroatoms. The molecule has 0 unspecified atom stereocenters. The summed E-state index contributed by atoms with van der Waals surface area (Å²) in [6, 6.07) is 12.0. The van der Waals surface area contributed by atoms with E-state index >= 15 is 0 Å². The van der Waals surface area contributed by atoms with E-state index in [4.69, 9.17) is 0 Å². The first kappa shape index (κ1) is 19.0. The van der Waals surface area contributed by atoms with Crippen LogP contribution in [-0.2, 0) is 4.79 Å². The monoisotopic (exact) mass is 357 g/mol. The van der Waals surface area contributed by atoms with Crippen molar-refractivity contribution in [2.24, 2.45) is 5.92 Å². The van der Waals surface area contributed by atoms with Crippen LogP contribution in [0.4, 0.5) is 0 Å². The maximum atomic E-state index is 12.5. The van der Waals surface area contributed by atoms with Crippen molar-refractivity contribution >= 4 is 17.7 Å². The fourth-order valence-corrected chi connectivity index (χ4v) is 3.08. The zero-order valence-electron chi connectivity index (χ0n) is 15.1. The van der Waals surface area contributed by atoms with Crippen molar-refractivity contribution in [2.45, 2.75) is 50.6 Å². The lowest BCUT2D eigenvalue weighted by molar-refractivity contribution is -0.121. The Bertz CT molecular complexity index is 781. The second-order valence-corrected chi connectivity index (χ2v) is 7.73. The molecule has 0 aliphatic carbocycles. The van der Waals surface area contributed by atoms with Crippen LogP contribution in [0.1, 0.15) is 33.5 Å². The average molecular weight is 357 g/mol. The molecule has 1 aromatic carbocycles. The Morgan fingerprint density at radius 2 is 1.92 bits per heavy atom. The lowest BCUT2D eigenvalue weighted by Gasteiger charge is -2.28. The lowest BCUT2D eigenvalue weighted by Crippen LogP contribution is -2.51.